The quantitative estimate of drug-likeness (QED) is 0.463. The summed E-state index contributed by atoms with van der Waals surface area (Å²) in [6.45, 7) is 0.791. The highest BCUT2D eigenvalue weighted by atomic mass is 32.2. The Morgan fingerprint density at radius 2 is 2.20 bits per heavy atom. The molecule has 0 saturated heterocycles. The van der Waals surface area contributed by atoms with Crippen LogP contribution in [0.4, 0.5) is 10.1 Å². The Balaban J connectivity index is 2.31. The number of thioether (sulfide) groups is 1. The fraction of sp³-hybridized carbons (Fsp3) is 0.455. The Labute approximate surface area is 94.0 Å². The molecule has 0 fully saturated rings. The molecule has 0 bridgehead atoms. The van der Waals surface area contributed by atoms with Crippen LogP contribution in [0.15, 0.2) is 23.1 Å². The van der Waals surface area contributed by atoms with E-state index in [1.165, 1.54) is 12.1 Å². The van der Waals surface area contributed by atoms with Crippen molar-refractivity contribution in [1.29, 1.82) is 0 Å². The molecule has 0 aliphatic carbocycles. The Kier molecular flexibility index (Phi) is 5.50. The fourth-order valence-electron chi connectivity index (χ4n) is 1.18. The summed E-state index contributed by atoms with van der Waals surface area (Å²) in [5.41, 5.74) is 6.20. The SMILES string of the molecule is COCCCCSc1ccc(F)cc1N. The van der Waals surface area contributed by atoms with Gasteiger partial charge in [-0.3, -0.25) is 0 Å². The van der Waals surface area contributed by atoms with E-state index in [1.54, 1.807) is 24.9 Å². The van der Waals surface area contributed by atoms with Gasteiger partial charge in [0, 0.05) is 24.3 Å². The second-order valence-electron chi connectivity index (χ2n) is 3.23. The Morgan fingerprint density at radius 1 is 1.40 bits per heavy atom. The second-order valence-corrected chi connectivity index (χ2v) is 4.37. The molecule has 4 heteroatoms. The van der Waals surface area contributed by atoms with Gasteiger partial charge in [-0.15, -0.1) is 11.8 Å². The van der Waals surface area contributed by atoms with Gasteiger partial charge in [0.05, 0.1) is 0 Å². The maximum Gasteiger partial charge on any atom is 0.125 e. The zero-order valence-corrected chi connectivity index (χ0v) is 9.65. The number of nitrogen functional groups attached to an aromatic ring is 1. The topological polar surface area (TPSA) is 35.2 Å². The minimum atomic E-state index is -0.281. The maximum atomic E-state index is 12.7. The molecule has 0 amide bonds. The van der Waals surface area contributed by atoms with Gasteiger partial charge in [-0.05, 0) is 36.8 Å². The number of hydrogen-bond acceptors (Lipinski definition) is 3. The smallest absolute Gasteiger partial charge is 0.125 e. The summed E-state index contributed by atoms with van der Waals surface area (Å²) in [6.07, 6.45) is 2.12. The third-order valence-electron chi connectivity index (χ3n) is 1.97. The molecule has 2 nitrogen and oxygen atoms in total. The van der Waals surface area contributed by atoms with Gasteiger partial charge in [0.1, 0.15) is 5.82 Å². The van der Waals surface area contributed by atoms with E-state index in [0.29, 0.717) is 5.69 Å². The first-order chi connectivity index (χ1) is 7.24. The summed E-state index contributed by atoms with van der Waals surface area (Å²) in [4.78, 5) is 0.953. The molecule has 0 aliphatic heterocycles. The van der Waals surface area contributed by atoms with Crippen LogP contribution in [0.3, 0.4) is 0 Å². The number of methoxy groups -OCH3 is 1. The Hall–Kier alpha value is -0.740. The first-order valence-corrected chi connectivity index (χ1v) is 5.89. The molecule has 0 atom stereocenters. The van der Waals surface area contributed by atoms with E-state index in [2.05, 4.69) is 0 Å². The number of ether oxygens (including phenoxy) is 1. The first kappa shape index (κ1) is 12.3. The fourth-order valence-corrected chi connectivity index (χ4v) is 2.14. The summed E-state index contributed by atoms with van der Waals surface area (Å²) in [7, 11) is 1.70. The van der Waals surface area contributed by atoms with Crippen molar-refractivity contribution in [3.63, 3.8) is 0 Å². The number of hydrogen-bond donors (Lipinski definition) is 1. The molecule has 2 N–H and O–H groups in total. The zero-order valence-electron chi connectivity index (χ0n) is 8.83. The average Bonchev–Trinajstić information content (AvgIpc) is 2.20. The molecule has 0 spiro atoms. The zero-order chi connectivity index (χ0) is 11.1. The molecule has 1 aromatic rings. The van der Waals surface area contributed by atoms with Gasteiger partial charge in [0.15, 0.2) is 0 Å². The van der Waals surface area contributed by atoms with E-state index in [1.807, 2.05) is 0 Å². The van der Waals surface area contributed by atoms with E-state index in [4.69, 9.17) is 10.5 Å². The van der Waals surface area contributed by atoms with Gasteiger partial charge in [0.25, 0.3) is 0 Å². The molecule has 0 aromatic heterocycles. The Bertz CT molecular complexity index is 307. The molecule has 1 rings (SSSR count). The summed E-state index contributed by atoms with van der Waals surface area (Å²) in [6, 6.07) is 4.52. The van der Waals surface area contributed by atoms with E-state index in [9.17, 15) is 4.39 Å². The van der Waals surface area contributed by atoms with Crippen molar-refractivity contribution in [2.24, 2.45) is 0 Å². The van der Waals surface area contributed by atoms with Crippen LogP contribution in [0.25, 0.3) is 0 Å². The van der Waals surface area contributed by atoms with Crippen molar-refractivity contribution in [2.75, 3.05) is 25.2 Å². The van der Waals surface area contributed by atoms with Crippen LogP contribution in [-0.4, -0.2) is 19.5 Å². The third-order valence-corrected chi connectivity index (χ3v) is 3.15. The standard InChI is InChI=1S/C11H16FNOS/c1-14-6-2-3-7-15-11-5-4-9(12)8-10(11)13/h4-5,8H,2-3,6-7,13H2,1H3. The number of anilines is 1. The van der Waals surface area contributed by atoms with Crippen LogP contribution >= 0.6 is 11.8 Å². The highest BCUT2D eigenvalue weighted by molar-refractivity contribution is 7.99. The minimum absolute atomic E-state index is 0.281. The molecule has 0 unspecified atom stereocenters. The molecular weight excluding hydrogens is 213 g/mol. The van der Waals surface area contributed by atoms with E-state index in [0.717, 1.165) is 30.1 Å². The van der Waals surface area contributed by atoms with Crippen molar-refractivity contribution in [2.45, 2.75) is 17.7 Å². The van der Waals surface area contributed by atoms with Gasteiger partial charge >= 0.3 is 0 Å². The van der Waals surface area contributed by atoms with Gasteiger partial charge in [-0.2, -0.15) is 0 Å². The lowest BCUT2D eigenvalue weighted by molar-refractivity contribution is 0.194. The molecule has 1 aromatic carbocycles. The number of rotatable bonds is 6. The van der Waals surface area contributed by atoms with E-state index < -0.39 is 0 Å². The lowest BCUT2D eigenvalue weighted by Crippen LogP contribution is -1.92. The predicted octanol–water partition coefficient (Wildman–Crippen LogP) is 2.93. The molecule has 0 aliphatic rings. The van der Waals surface area contributed by atoms with Crippen LogP contribution in [-0.2, 0) is 4.74 Å². The summed E-state index contributed by atoms with van der Waals surface area (Å²) >= 11 is 1.66. The van der Waals surface area contributed by atoms with Gasteiger partial charge in [0.2, 0.25) is 0 Å². The van der Waals surface area contributed by atoms with Gasteiger partial charge in [-0.25, -0.2) is 4.39 Å². The molecule has 0 saturated carbocycles. The number of benzene rings is 1. The molecule has 84 valence electrons. The summed E-state index contributed by atoms with van der Waals surface area (Å²) < 4.78 is 17.7. The lowest BCUT2D eigenvalue weighted by atomic mass is 10.3. The Morgan fingerprint density at radius 3 is 2.87 bits per heavy atom. The van der Waals surface area contributed by atoms with Gasteiger partial charge in [-0.1, -0.05) is 0 Å². The third kappa shape index (κ3) is 4.53. The number of halogens is 1. The van der Waals surface area contributed by atoms with Crippen LogP contribution < -0.4 is 5.73 Å². The number of nitrogens with two attached hydrogens (primary N) is 1. The summed E-state index contributed by atoms with van der Waals surface area (Å²) in [5.74, 6) is 0.704. The van der Waals surface area contributed by atoms with E-state index in [-0.39, 0.29) is 5.82 Å². The van der Waals surface area contributed by atoms with Crippen LogP contribution in [0.5, 0.6) is 0 Å². The van der Waals surface area contributed by atoms with Crippen molar-refractivity contribution >= 4 is 17.4 Å². The monoisotopic (exact) mass is 229 g/mol. The second kappa shape index (κ2) is 6.69. The van der Waals surface area contributed by atoms with E-state index >= 15 is 0 Å². The summed E-state index contributed by atoms with van der Waals surface area (Å²) in [5, 5.41) is 0. The van der Waals surface area contributed by atoms with Crippen molar-refractivity contribution in [1.82, 2.24) is 0 Å². The average molecular weight is 229 g/mol. The van der Waals surface area contributed by atoms with Crippen LogP contribution in [0, 0.1) is 5.82 Å². The van der Waals surface area contributed by atoms with Crippen molar-refractivity contribution in [3.05, 3.63) is 24.0 Å². The lowest BCUT2D eigenvalue weighted by Gasteiger charge is -2.05. The van der Waals surface area contributed by atoms with Gasteiger partial charge < -0.3 is 10.5 Å². The van der Waals surface area contributed by atoms with Crippen LogP contribution in [0.1, 0.15) is 12.8 Å². The largest absolute Gasteiger partial charge is 0.398 e. The molecule has 0 radical (unpaired) electrons. The highest BCUT2D eigenvalue weighted by Crippen LogP contribution is 2.26. The predicted molar refractivity (Wildman–Crippen MR) is 62.6 cm³/mol. The molecule has 15 heavy (non-hydrogen) atoms. The highest BCUT2D eigenvalue weighted by Gasteiger charge is 2.01. The van der Waals surface area contributed by atoms with Crippen LogP contribution in [0.2, 0.25) is 0 Å². The minimum Gasteiger partial charge on any atom is -0.398 e. The maximum absolute atomic E-state index is 12.7. The normalized spacial score (nSPS) is 10.5. The molecular formula is C11H16FNOS. The number of unbranched alkanes of at least 4 members (excludes halogenated alkanes) is 1. The molecule has 0 heterocycles. The first-order valence-electron chi connectivity index (χ1n) is 4.91. The van der Waals surface area contributed by atoms with Crippen molar-refractivity contribution in [3.8, 4) is 0 Å². The van der Waals surface area contributed by atoms with Crippen molar-refractivity contribution < 1.29 is 9.13 Å².